The van der Waals surface area contributed by atoms with E-state index in [0.717, 1.165) is 23.7 Å². The van der Waals surface area contributed by atoms with E-state index in [-0.39, 0.29) is 11.8 Å². The average molecular weight is 470 g/mol. The minimum Gasteiger partial charge on any atom is -0.492 e. The number of hydrogen-bond acceptors (Lipinski definition) is 5. The van der Waals surface area contributed by atoms with E-state index in [4.69, 9.17) is 16.3 Å². The first kappa shape index (κ1) is 22.2. The standard InChI is InChI=1S/C24H24ClN3O3S/c1-2-31-21-10-5-17(16-20(21)25)23(29)26-18-6-8-19(9-7-18)27-11-13-28(14-12-27)24(30)22-4-3-15-32-22/h3-10,15-16H,2,11-14H2,1H3,(H,26,29). The number of carbonyl (C=O) groups is 2. The molecule has 2 aromatic carbocycles. The Hall–Kier alpha value is -3.03. The molecule has 0 spiro atoms. The Bertz CT molecular complexity index is 1080. The Labute approximate surface area is 196 Å². The Morgan fingerprint density at radius 3 is 2.44 bits per heavy atom. The van der Waals surface area contributed by atoms with Gasteiger partial charge in [0.2, 0.25) is 0 Å². The zero-order valence-corrected chi connectivity index (χ0v) is 19.3. The monoisotopic (exact) mass is 469 g/mol. The van der Waals surface area contributed by atoms with E-state index in [1.807, 2.05) is 53.6 Å². The van der Waals surface area contributed by atoms with Crippen LogP contribution in [-0.2, 0) is 0 Å². The number of thiophene rings is 1. The van der Waals surface area contributed by atoms with Gasteiger partial charge in [-0.3, -0.25) is 9.59 Å². The maximum atomic E-state index is 12.6. The van der Waals surface area contributed by atoms with Crippen LogP contribution in [0, 0.1) is 0 Å². The van der Waals surface area contributed by atoms with Gasteiger partial charge in [0.1, 0.15) is 5.75 Å². The summed E-state index contributed by atoms with van der Waals surface area (Å²) in [6.07, 6.45) is 0. The van der Waals surface area contributed by atoms with Crippen molar-refractivity contribution >= 4 is 46.1 Å². The summed E-state index contributed by atoms with van der Waals surface area (Å²) >= 11 is 7.66. The van der Waals surface area contributed by atoms with E-state index in [0.29, 0.717) is 41.7 Å². The second-order valence-electron chi connectivity index (χ2n) is 7.34. The van der Waals surface area contributed by atoms with Gasteiger partial charge in [-0.05, 0) is 60.8 Å². The van der Waals surface area contributed by atoms with Gasteiger partial charge in [-0.25, -0.2) is 0 Å². The largest absolute Gasteiger partial charge is 0.492 e. The molecule has 0 unspecified atom stereocenters. The third-order valence-corrected chi connectivity index (χ3v) is 6.44. The van der Waals surface area contributed by atoms with E-state index in [9.17, 15) is 9.59 Å². The second kappa shape index (κ2) is 10.1. The van der Waals surface area contributed by atoms with Gasteiger partial charge in [-0.2, -0.15) is 0 Å². The lowest BCUT2D eigenvalue weighted by Crippen LogP contribution is -2.48. The number of anilines is 2. The van der Waals surface area contributed by atoms with Gasteiger partial charge < -0.3 is 19.9 Å². The molecule has 3 aromatic rings. The first-order valence-electron chi connectivity index (χ1n) is 10.5. The Kier molecular flexibility index (Phi) is 6.97. The number of halogens is 1. The fourth-order valence-corrected chi connectivity index (χ4v) is 4.52. The summed E-state index contributed by atoms with van der Waals surface area (Å²) in [5.74, 6) is 0.433. The number of hydrogen-bond donors (Lipinski definition) is 1. The fraction of sp³-hybridized carbons (Fsp3) is 0.250. The molecule has 32 heavy (non-hydrogen) atoms. The van der Waals surface area contributed by atoms with Gasteiger partial charge in [0, 0.05) is 43.1 Å². The van der Waals surface area contributed by atoms with E-state index in [1.165, 1.54) is 11.3 Å². The van der Waals surface area contributed by atoms with Crippen LogP contribution in [0.15, 0.2) is 60.0 Å². The van der Waals surface area contributed by atoms with Gasteiger partial charge in [0.25, 0.3) is 11.8 Å². The zero-order valence-electron chi connectivity index (χ0n) is 17.7. The predicted molar refractivity (Wildman–Crippen MR) is 129 cm³/mol. The summed E-state index contributed by atoms with van der Waals surface area (Å²) < 4.78 is 5.41. The summed E-state index contributed by atoms with van der Waals surface area (Å²) in [6, 6.07) is 16.5. The van der Waals surface area contributed by atoms with E-state index < -0.39 is 0 Å². The third-order valence-electron chi connectivity index (χ3n) is 5.28. The molecule has 6 nitrogen and oxygen atoms in total. The molecule has 0 bridgehead atoms. The molecule has 0 aliphatic carbocycles. The highest BCUT2D eigenvalue weighted by Crippen LogP contribution is 2.26. The Morgan fingerprint density at radius 1 is 1.06 bits per heavy atom. The molecule has 1 aliphatic rings. The van der Waals surface area contributed by atoms with E-state index in [1.54, 1.807) is 18.2 Å². The molecule has 1 fully saturated rings. The molecule has 0 radical (unpaired) electrons. The summed E-state index contributed by atoms with van der Waals surface area (Å²) in [7, 11) is 0. The number of nitrogens with zero attached hydrogens (tertiary/aromatic N) is 2. The highest BCUT2D eigenvalue weighted by atomic mass is 35.5. The number of benzene rings is 2. The van der Waals surface area contributed by atoms with Crippen LogP contribution in [0.25, 0.3) is 0 Å². The molecule has 1 saturated heterocycles. The number of piperazine rings is 1. The van der Waals surface area contributed by atoms with Crippen LogP contribution in [0.5, 0.6) is 5.75 Å². The molecular formula is C24H24ClN3O3S. The van der Waals surface area contributed by atoms with Gasteiger partial charge >= 0.3 is 0 Å². The highest BCUT2D eigenvalue weighted by Gasteiger charge is 2.22. The molecule has 0 atom stereocenters. The quantitative estimate of drug-likeness (QED) is 0.551. The molecule has 8 heteroatoms. The summed E-state index contributed by atoms with van der Waals surface area (Å²) in [5.41, 5.74) is 2.24. The normalized spacial score (nSPS) is 13.7. The van der Waals surface area contributed by atoms with Crippen LogP contribution in [0.3, 0.4) is 0 Å². The number of nitrogens with one attached hydrogen (secondary N) is 1. The molecule has 166 valence electrons. The lowest BCUT2D eigenvalue weighted by molar-refractivity contribution is 0.0751. The summed E-state index contributed by atoms with van der Waals surface area (Å²) in [4.78, 5) is 30.0. The van der Waals surface area contributed by atoms with Crippen molar-refractivity contribution in [2.45, 2.75) is 6.92 Å². The molecule has 1 aromatic heterocycles. The maximum Gasteiger partial charge on any atom is 0.264 e. The fourth-order valence-electron chi connectivity index (χ4n) is 3.60. The van der Waals surface area contributed by atoms with Crippen molar-refractivity contribution in [2.24, 2.45) is 0 Å². The van der Waals surface area contributed by atoms with Crippen molar-refractivity contribution in [1.29, 1.82) is 0 Å². The van der Waals surface area contributed by atoms with Crippen LogP contribution in [-0.4, -0.2) is 49.5 Å². The lowest BCUT2D eigenvalue weighted by Gasteiger charge is -2.36. The Morgan fingerprint density at radius 2 is 1.81 bits per heavy atom. The smallest absolute Gasteiger partial charge is 0.264 e. The van der Waals surface area contributed by atoms with Crippen LogP contribution in [0.4, 0.5) is 11.4 Å². The molecule has 2 amide bonds. The van der Waals surface area contributed by atoms with Gasteiger partial charge in [-0.15, -0.1) is 11.3 Å². The van der Waals surface area contributed by atoms with Gasteiger partial charge in [-0.1, -0.05) is 17.7 Å². The van der Waals surface area contributed by atoms with Crippen molar-refractivity contribution in [1.82, 2.24) is 4.90 Å². The van der Waals surface area contributed by atoms with Crippen molar-refractivity contribution in [3.8, 4) is 5.75 Å². The van der Waals surface area contributed by atoms with Crippen molar-refractivity contribution in [2.75, 3.05) is 43.0 Å². The molecular weight excluding hydrogens is 446 g/mol. The van der Waals surface area contributed by atoms with Crippen LogP contribution in [0.2, 0.25) is 5.02 Å². The molecule has 0 saturated carbocycles. The van der Waals surface area contributed by atoms with E-state index in [2.05, 4.69) is 10.2 Å². The van der Waals surface area contributed by atoms with Gasteiger partial charge in [0.05, 0.1) is 16.5 Å². The third kappa shape index (κ3) is 5.06. The minimum atomic E-state index is -0.233. The zero-order chi connectivity index (χ0) is 22.5. The number of ether oxygens (including phenoxy) is 1. The SMILES string of the molecule is CCOc1ccc(C(=O)Nc2ccc(N3CCN(C(=O)c4cccs4)CC3)cc2)cc1Cl. The maximum absolute atomic E-state index is 12.6. The van der Waals surface area contributed by atoms with Crippen molar-refractivity contribution < 1.29 is 14.3 Å². The molecule has 4 rings (SSSR count). The molecule has 2 heterocycles. The van der Waals surface area contributed by atoms with Gasteiger partial charge in [0.15, 0.2) is 0 Å². The number of amides is 2. The van der Waals surface area contributed by atoms with E-state index >= 15 is 0 Å². The Balaban J connectivity index is 1.33. The first-order chi connectivity index (χ1) is 15.5. The van der Waals surface area contributed by atoms with Crippen LogP contribution < -0.4 is 15.0 Å². The summed E-state index contributed by atoms with van der Waals surface area (Å²) in [5, 5.41) is 5.23. The lowest BCUT2D eigenvalue weighted by atomic mass is 10.2. The molecule has 1 aliphatic heterocycles. The molecule has 1 N–H and O–H groups in total. The van der Waals surface area contributed by atoms with Crippen LogP contribution in [0.1, 0.15) is 27.0 Å². The predicted octanol–water partition coefficient (Wildman–Crippen LogP) is 5.01. The highest BCUT2D eigenvalue weighted by molar-refractivity contribution is 7.12. The number of carbonyl (C=O) groups excluding carboxylic acids is 2. The van der Waals surface area contributed by atoms with Crippen molar-refractivity contribution in [3.63, 3.8) is 0 Å². The van der Waals surface area contributed by atoms with Crippen LogP contribution >= 0.6 is 22.9 Å². The minimum absolute atomic E-state index is 0.104. The number of rotatable bonds is 6. The topological polar surface area (TPSA) is 61.9 Å². The summed E-state index contributed by atoms with van der Waals surface area (Å²) in [6.45, 7) is 5.31. The van der Waals surface area contributed by atoms with Crippen molar-refractivity contribution in [3.05, 3.63) is 75.4 Å². The first-order valence-corrected chi connectivity index (χ1v) is 11.7. The average Bonchev–Trinajstić information content (AvgIpc) is 3.36. The second-order valence-corrected chi connectivity index (χ2v) is 8.69.